The number of thiophene rings is 1. The van der Waals surface area contributed by atoms with Crippen molar-refractivity contribution >= 4 is 270 Å². The van der Waals surface area contributed by atoms with Crippen LogP contribution in [-0.4, -0.2) is 33.3 Å². The Hall–Kier alpha value is -13.5. The largest absolute Gasteiger partial charge is 0.488 e. The zero-order valence-corrected chi connectivity index (χ0v) is 97.2. The van der Waals surface area contributed by atoms with E-state index in [1.807, 2.05) is 133 Å². The van der Waals surface area contributed by atoms with E-state index in [4.69, 9.17) is 22.9 Å². The third kappa shape index (κ3) is 32.5. The topological polar surface area (TPSA) is 56.7 Å². The smallest absolute Gasteiger partial charge is 0.423 e. The highest BCUT2D eigenvalue weighted by atomic mass is 127. The number of para-hydroxylation sites is 10. The van der Waals surface area contributed by atoms with Gasteiger partial charge in [-0.15, -0.1) is 35.3 Å². The Balaban J connectivity index is 0.000000149. The van der Waals surface area contributed by atoms with E-state index >= 15 is 0 Å². The van der Waals surface area contributed by atoms with Crippen molar-refractivity contribution in [1.29, 1.82) is 0 Å². The minimum absolute atomic E-state index is 0.541. The molecule has 726 valence electrons. The molecule has 0 bridgehead atoms. The van der Waals surface area contributed by atoms with Gasteiger partial charge in [0.25, 0.3) is 0 Å². The van der Waals surface area contributed by atoms with Crippen molar-refractivity contribution in [2.75, 3.05) is 24.5 Å². The van der Waals surface area contributed by atoms with E-state index in [-0.39, 0.29) is 0 Å². The van der Waals surface area contributed by atoms with Crippen LogP contribution >= 0.6 is 136 Å². The highest BCUT2D eigenvalue weighted by molar-refractivity contribution is 14.1. The van der Waals surface area contributed by atoms with E-state index in [9.17, 15) is 0 Å². The number of benzene rings is 19. The van der Waals surface area contributed by atoms with Gasteiger partial charge in [-0.05, 0) is 393 Å². The fraction of sp³-hybridized carbons (Fsp3) is 0.0462. The highest BCUT2D eigenvalue weighted by Gasteiger charge is 2.20. The van der Waals surface area contributed by atoms with Crippen molar-refractivity contribution in [2.24, 2.45) is 0 Å². The molecule has 0 radical (unpaired) electrons. The molecule has 0 atom stereocenters. The predicted molar refractivity (Wildman–Crippen MR) is 674 cm³/mol. The molecule has 0 fully saturated rings. The van der Waals surface area contributed by atoms with Crippen molar-refractivity contribution < 1.29 is 10.0 Å². The molecule has 0 amide bonds. The molecular formula is C130H103BBr5I2N5O2SSi2. The molecule has 1 heterocycles. The van der Waals surface area contributed by atoms with Gasteiger partial charge in [-0.25, -0.2) is 0 Å². The second-order valence-corrected chi connectivity index (χ2v) is 52.7. The summed E-state index contributed by atoms with van der Waals surface area (Å²) in [5.74, 6) is 19.4. The third-order valence-corrected chi connectivity index (χ3v) is 31.6. The van der Waals surface area contributed by atoms with Crippen LogP contribution in [0, 0.1) is 66.6 Å². The summed E-state index contributed by atoms with van der Waals surface area (Å²) in [6, 6.07) is 167. The van der Waals surface area contributed by atoms with Crippen LogP contribution in [0.5, 0.6) is 0 Å². The Kier molecular flexibility index (Phi) is 41.3. The van der Waals surface area contributed by atoms with Crippen LogP contribution in [0.3, 0.4) is 0 Å². The van der Waals surface area contributed by atoms with E-state index in [0.717, 1.165) is 146 Å². The van der Waals surface area contributed by atoms with Crippen LogP contribution in [0.2, 0.25) is 39.3 Å². The van der Waals surface area contributed by atoms with E-state index < -0.39 is 23.3 Å². The van der Waals surface area contributed by atoms with E-state index in [1.54, 1.807) is 17.4 Å². The molecule has 0 spiro atoms. The van der Waals surface area contributed by atoms with Gasteiger partial charge in [0.2, 0.25) is 0 Å². The van der Waals surface area contributed by atoms with Gasteiger partial charge < -0.3 is 34.5 Å². The first-order valence-electron chi connectivity index (χ1n) is 47.6. The number of fused-ring (bicyclic) bond motifs is 3. The van der Waals surface area contributed by atoms with Gasteiger partial charge in [-0.3, -0.25) is 0 Å². The van der Waals surface area contributed by atoms with Crippen LogP contribution in [0.15, 0.2) is 514 Å². The Morgan fingerprint density at radius 2 is 0.493 bits per heavy atom. The number of halogens is 7. The molecule has 0 saturated heterocycles. The Bertz CT molecular complexity index is 7570. The van der Waals surface area contributed by atoms with Gasteiger partial charge in [-0.1, -0.05) is 303 Å². The maximum atomic E-state index is 9.12. The average Bonchev–Trinajstić information content (AvgIpc) is 1.63. The molecule has 2 N–H and O–H groups in total. The van der Waals surface area contributed by atoms with Crippen molar-refractivity contribution in [3.63, 3.8) is 0 Å². The average molecular weight is 2520 g/mol. The van der Waals surface area contributed by atoms with Crippen LogP contribution < -0.4 is 30.0 Å². The number of nitrogens with zero attached hydrogens (tertiary/aromatic N) is 5. The number of rotatable bonds is 16. The van der Waals surface area contributed by atoms with Gasteiger partial charge in [0.1, 0.15) is 16.1 Å². The molecule has 18 heteroatoms. The van der Waals surface area contributed by atoms with Gasteiger partial charge in [-0.2, -0.15) is 0 Å². The molecule has 7 nitrogen and oxygen atoms in total. The highest BCUT2D eigenvalue weighted by Crippen LogP contribution is 2.42. The molecule has 0 unspecified atom stereocenters. The van der Waals surface area contributed by atoms with Crippen molar-refractivity contribution in [3.8, 4) is 59.5 Å². The summed E-state index contributed by atoms with van der Waals surface area (Å²) in [5, 5.41) is 20.6. The molecule has 20 rings (SSSR count). The monoisotopic (exact) mass is 2510 g/mol. The van der Waals surface area contributed by atoms with E-state index in [0.29, 0.717) is 5.46 Å². The second-order valence-electron chi connectivity index (χ2n) is 35.5. The molecule has 0 saturated carbocycles. The van der Waals surface area contributed by atoms with Crippen LogP contribution in [-0.2, 0) is 0 Å². The molecule has 0 aliphatic rings. The minimum atomic E-state index is -1.39. The second kappa shape index (κ2) is 55.5. The number of terminal acetylenes is 2. The first-order valence-corrected chi connectivity index (χ1v) is 61.5. The van der Waals surface area contributed by atoms with E-state index in [1.165, 1.54) is 22.6 Å². The van der Waals surface area contributed by atoms with Gasteiger partial charge in [0.15, 0.2) is 0 Å². The van der Waals surface area contributed by atoms with Gasteiger partial charge >= 0.3 is 7.12 Å². The van der Waals surface area contributed by atoms with Crippen LogP contribution in [0.4, 0.5) is 85.3 Å². The summed E-state index contributed by atoms with van der Waals surface area (Å²) in [6.45, 7) is 13.2. The summed E-state index contributed by atoms with van der Waals surface area (Å²) >= 11 is 24.0. The summed E-state index contributed by atoms with van der Waals surface area (Å²) in [7, 11) is -3.85. The summed E-state index contributed by atoms with van der Waals surface area (Å²) in [4.78, 5) is 11.2. The van der Waals surface area contributed by atoms with Gasteiger partial charge in [0, 0.05) is 168 Å². The maximum absolute atomic E-state index is 9.12. The quantitative estimate of drug-likeness (QED) is 0.0433. The fourth-order valence-corrected chi connectivity index (χ4v) is 20.7. The lowest BCUT2D eigenvalue weighted by atomic mass is 9.80. The van der Waals surface area contributed by atoms with Crippen LogP contribution in [0.25, 0.3) is 20.2 Å². The zero-order chi connectivity index (χ0) is 104. The normalized spacial score (nSPS) is 10.4. The Labute approximate surface area is 947 Å². The number of hydrogen-bond donors (Lipinski definition) is 2. The molecule has 0 aliphatic heterocycles. The molecule has 1 aromatic heterocycles. The lowest BCUT2D eigenvalue weighted by molar-refractivity contribution is 0.426. The SMILES string of the molecule is Brc1cc(Br)c(C#Cc2ccc(N(c3ccccc3)c3ccccc3)cc2)cc1C#Cc1ccc(N(c2ccccc2)c2ccccc2)cc1.Brc1cc(Br)c(I)cc1I.Brc1ccc(N(c2ccccc2)c2ccccc2)cc1.C#C[Si](C)(C)C.C#Cc1ccc(N(c2ccccc2)c2ccccc2)cc1.C[Si](C)(C)C#Cc1ccc(N(c2ccccc2)c2ccccc2)cc1.OB(O)c1ccc2c(c1)sc1ccccc12. The number of anilines is 15. The van der Waals surface area contributed by atoms with Crippen molar-refractivity contribution in [3.05, 3.63) is 554 Å². The first kappa shape index (κ1) is 110. The molecular weight excluding hydrogens is 2420 g/mol. The summed E-state index contributed by atoms with van der Waals surface area (Å²) < 4.78 is 9.97. The lowest BCUT2D eigenvalue weighted by Crippen LogP contribution is -2.29. The minimum Gasteiger partial charge on any atom is -0.423 e. The first-order chi connectivity index (χ1) is 71.8. The van der Waals surface area contributed by atoms with Crippen LogP contribution in [0.1, 0.15) is 33.4 Å². The third-order valence-electron chi connectivity index (χ3n) is 22.3. The molecule has 148 heavy (non-hydrogen) atoms. The maximum Gasteiger partial charge on any atom is 0.488 e. The summed E-state index contributed by atoms with van der Waals surface area (Å²) in [6.07, 6.45) is 10.6. The van der Waals surface area contributed by atoms with Crippen molar-refractivity contribution in [1.82, 2.24) is 0 Å². The standard InChI is InChI=1S/C46H30Br2N2.C23H23NSi.C20H15N.C18H14BrN.C12H9BO2S.C6H2Br2I2.C5H10Si/c47-45-34-46(48)38(28-22-36-25-31-44(32-26-36)50(41-17-9-3-10-18-41)42-19-11-4-12-20-42)33-37(45)27-21-35-23-29-43(30-24-35)49(39-13-5-1-6-14-39)40-15-7-2-8-16-40;1-25(2,3)19-18-20-14-16-23(17-15-20)24(21-10-6-4-7-11-21)22-12-8-5-9-13-22;1-2-17-13-15-20(16-14-17)21(18-9-5-3-6-10-18)19-11-7-4-8-12-19;19-15-11-13-18(14-12-15)20(16-7-3-1-4-8-16)17-9-5-2-6-10-17;14-13(15)8-5-6-10-9-3-1-2-4-11(9)16-12(10)7-8;7-3-1-4(8)6(10)2-5(3)9;1-5-6(2,3)4/h1-20,23-26,29-34H;4-17H,1-3H3;1,3-16H;1-14H;1-7,14-15H;1-2H;1H,2-4H3. The van der Waals surface area contributed by atoms with E-state index in [2.05, 4.69) is 587 Å². The lowest BCUT2D eigenvalue weighted by Gasteiger charge is -2.25. The number of hydrogen-bond acceptors (Lipinski definition) is 8. The predicted octanol–water partition coefficient (Wildman–Crippen LogP) is 38.0. The zero-order valence-electron chi connectivity index (χ0n) is 82.2. The van der Waals surface area contributed by atoms with Crippen molar-refractivity contribution in [2.45, 2.75) is 39.3 Å². The fourth-order valence-electron chi connectivity index (χ4n) is 15.1. The molecule has 0 aliphatic carbocycles. The Morgan fingerprint density at radius 3 is 0.757 bits per heavy atom. The molecule has 19 aromatic carbocycles. The molecule has 20 aromatic rings. The summed E-state index contributed by atoms with van der Waals surface area (Å²) in [5.41, 5.74) is 29.0. The van der Waals surface area contributed by atoms with Gasteiger partial charge in [0.05, 0.1) is 0 Å². The Morgan fingerprint density at radius 1 is 0.250 bits per heavy atom.